The standard InChI is InChI=1S/C13H18O2.C10H20/c1-5-6-12(14-3)11-8-7-10(2)13(9-11)15-4;1-2-3-4-5-7-10-8-6-9-10/h6-9H,5H2,1-4H3;10H,2-9H2,1H3/b12-6+;. The summed E-state index contributed by atoms with van der Waals surface area (Å²) in [5.41, 5.74) is 2.19. The summed E-state index contributed by atoms with van der Waals surface area (Å²) in [5.74, 6) is 2.93. The molecular weight excluding hydrogens is 308 g/mol. The van der Waals surface area contributed by atoms with E-state index < -0.39 is 0 Å². The van der Waals surface area contributed by atoms with Crippen LogP contribution in [0.15, 0.2) is 24.3 Å². The Bertz CT molecular complexity index is 501. The topological polar surface area (TPSA) is 18.5 Å². The van der Waals surface area contributed by atoms with Crippen molar-refractivity contribution in [3.8, 4) is 5.75 Å². The van der Waals surface area contributed by atoms with Crippen LogP contribution in [0.25, 0.3) is 5.76 Å². The molecule has 1 aromatic rings. The maximum atomic E-state index is 5.32. The van der Waals surface area contributed by atoms with Crippen molar-refractivity contribution in [1.82, 2.24) is 0 Å². The van der Waals surface area contributed by atoms with Gasteiger partial charge in [0.25, 0.3) is 0 Å². The third kappa shape index (κ3) is 7.98. The van der Waals surface area contributed by atoms with Gasteiger partial charge in [0.05, 0.1) is 14.2 Å². The Morgan fingerprint density at radius 1 is 1.12 bits per heavy atom. The zero-order valence-corrected chi connectivity index (χ0v) is 17.1. The van der Waals surface area contributed by atoms with Gasteiger partial charge in [-0.15, -0.1) is 0 Å². The highest BCUT2D eigenvalue weighted by Crippen LogP contribution is 2.31. The van der Waals surface area contributed by atoms with Gasteiger partial charge in [-0.25, -0.2) is 0 Å². The number of allylic oxidation sites excluding steroid dienone is 1. The van der Waals surface area contributed by atoms with E-state index >= 15 is 0 Å². The first-order chi connectivity index (χ1) is 12.2. The summed E-state index contributed by atoms with van der Waals surface area (Å²) >= 11 is 0. The van der Waals surface area contributed by atoms with E-state index in [-0.39, 0.29) is 0 Å². The Morgan fingerprint density at radius 3 is 2.40 bits per heavy atom. The quantitative estimate of drug-likeness (QED) is 0.349. The number of methoxy groups -OCH3 is 2. The zero-order valence-electron chi connectivity index (χ0n) is 17.1. The Hall–Kier alpha value is -1.44. The normalized spacial score (nSPS) is 14.4. The summed E-state index contributed by atoms with van der Waals surface area (Å²) in [5, 5.41) is 0. The minimum atomic E-state index is 0.895. The van der Waals surface area contributed by atoms with Crippen molar-refractivity contribution in [1.29, 1.82) is 0 Å². The lowest BCUT2D eigenvalue weighted by Gasteiger charge is -2.24. The molecule has 142 valence electrons. The molecule has 0 unspecified atom stereocenters. The fourth-order valence-electron chi connectivity index (χ4n) is 3.12. The van der Waals surface area contributed by atoms with Crippen molar-refractivity contribution in [3.05, 3.63) is 35.4 Å². The number of unbranched alkanes of at least 4 members (excludes halogenated alkanes) is 3. The Kier molecular flexibility index (Phi) is 11.1. The van der Waals surface area contributed by atoms with Gasteiger partial charge in [-0.2, -0.15) is 0 Å². The molecule has 0 bridgehead atoms. The van der Waals surface area contributed by atoms with Crippen LogP contribution in [0.2, 0.25) is 0 Å². The average Bonchev–Trinajstić information content (AvgIpc) is 2.59. The molecule has 1 saturated carbocycles. The summed E-state index contributed by atoms with van der Waals surface area (Å²) in [6.45, 7) is 6.40. The van der Waals surface area contributed by atoms with Crippen LogP contribution in [0.3, 0.4) is 0 Å². The van der Waals surface area contributed by atoms with E-state index in [1.807, 2.05) is 25.1 Å². The predicted molar refractivity (Wildman–Crippen MR) is 109 cm³/mol. The maximum absolute atomic E-state index is 5.32. The second kappa shape index (κ2) is 12.9. The summed E-state index contributed by atoms with van der Waals surface area (Å²) in [6, 6.07) is 6.08. The molecule has 0 saturated heterocycles. The monoisotopic (exact) mass is 346 g/mol. The van der Waals surface area contributed by atoms with Crippen molar-refractivity contribution in [2.75, 3.05) is 14.2 Å². The highest BCUT2D eigenvalue weighted by Gasteiger charge is 2.15. The molecule has 0 atom stereocenters. The molecule has 1 aromatic carbocycles. The van der Waals surface area contributed by atoms with Gasteiger partial charge in [0.2, 0.25) is 0 Å². The number of rotatable bonds is 9. The zero-order chi connectivity index (χ0) is 18.5. The number of benzene rings is 1. The van der Waals surface area contributed by atoms with Gasteiger partial charge < -0.3 is 9.47 Å². The van der Waals surface area contributed by atoms with Crippen molar-refractivity contribution in [2.45, 2.75) is 78.6 Å². The fraction of sp³-hybridized carbons (Fsp3) is 0.652. The molecule has 0 radical (unpaired) electrons. The third-order valence-corrected chi connectivity index (χ3v) is 4.99. The molecule has 2 rings (SSSR count). The molecule has 1 fully saturated rings. The lowest BCUT2D eigenvalue weighted by molar-refractivity contribution is 0.286. The SMILES string of the molecule is CC/C=C(/OC)c1ccc(C)c(OC)c1.CCCCCCC1CCC1. The highest BCUT2D eigenvalue weighted by molar-refractivity contribution is 5.62. The first-order valence-electron chi connectivity index (χ1n) is 10.0. The number of hydrogen-bond donors (Lipinski definition) is 0. The first kappa shape index (κ1) is 21.6. The van der Waals surface area contributed by atoms with Gasteiger partial charge in [-0.3, -0.25) is 0 Å². The number of hydrogen-bond acceptors (Lipinski definition) is 2. The molecule has 1 aliphatic rings. The van der Waals surface area contributed by atoms with Crippen LogP contribution >= 0.6 is 0 Å². The molecule has 0 heterocycles. The van der Waals surface area contributed by atoms with Crippen molar-refractivity contribution < 1.29 is 9.47 Å². The Balaban J connectivity index is 0.000000271. The van der Waals surface area contributed by atoms with Crippen LogP contribution < -0.4 is 4.74 Å². The van der Waals surface area contributed by atoms with Crippen LogP contribution in [0.4, 0.5) is 0 Å². The van der Waals surface area contributed by atoms with Gasteiger partial charge in [-0.05, 0) is 37.0 Å². The van der Waals surface area contributed by atoms with Crippen LogP contribution in [-0.4, -0.2) is 14.2 Å². The van der Waals surface area contributed by atoms with E-state index in [0.717, 1.165) is 35.0 Å². The van der Waals surface area contributed by atoms with Gasteiger partial charge in [-0.1, -0.05) is 77.3 Å². The van der Waals surface area contributed by atoms with Crippen LogP contribution in [0, 0.1) is 12.8 Å². The second-order valence-electron chi connectivity index (χ2n) is 7.01. The van der Waals surface area contributed by atoms with Crippen LogP contribution in [-0.2, 0) is 4.74 Å². The highest BCUT2D eigenvalue weighted by atomic mass is 16.5. The minimum Gasteiger partial charge on any atom is -0.496 e. The van der Waals surface area contributed by atoms with Gasteiger partial charge >= 0.3 is 0 Å². The van der Waals surface area contributed by atoms with E-state index in [9.17, 15) is 0 Å². The maximum Gasteiger partial charge on any atom is 0.122 e. The Morgan fingerprint density at radius 2 is 1.88 bits per heavy atom. The molecule has 0 aromatic heterocycles. The predicted octanol–water partition coefficient (Wildman–Crippen LogP) is 7.16. The van der Waals surface area contributed by atoms with Crippen molar-refractivity contribution >= 4 is 5.76 Å². The van der Waals surface area contributed by atoms with Crippen molar-refractivity contribution in [3.63, 3.8) is 0 Å². The third-order valence-electron chi connectivity index (χ3n) is 4.99. The van der Waals surface area contributed by atoms with Crippen LogP contribution in [0.1, 0.15) is 82.8 Å². The molecule has 1 aliphatic carbocycles. The molecule has 0 N–H and O–H groups in total. The summed E-state index contributed by atoms with van der Waals surface area (Å²) < 4.78 is 10.6. The van der Waals surface area contributed by atoms with E-state index in [2.05, 4.69) is 19.9 Å². The van der Waals surface area contributed by atoms with Gasteiger partial charge in [0, 0.05) is 5.56 Å². The van der Waals surface area contributed by atoms with Gasteiger partial charge in [0.15, 0.2) is 0 Å². The molecule has 25 heavy (non-hydrogen) atoms. The van der Waals surface area contributed by atoms with Crippen molar-refractivity contribution in [2.24, 2.45) is 5.92 Å². The second-order valence-corrected chi connectivity index (χ2v) is 7.01. The van der Waals surface area contributed by atoms with Crippen LogP contribution in [0.5, 0.6) is 5.75 Å². The van der Waals surface area contributed by atoms with E-state index in [4.69, 9.17) is 9.47 Å². The number of aryl methyl sites for hydroxylation is 1. The summed E-state index contributed by atoms with van der Waals surface area (Å²) in [7, 11) is 3.37. The fourth-order valence-corrected chi connectivity index (χ4v) is 3.12. The lowest BCUT2D eigenvalue weighted by atomic mass is 9.82. The average molecular weight is 347 g/mol. The molecule has 0 spiro atoms. The molecule has 2 heteroatoms. The summed E-state index contributed by atoms with van der Waals surface area (Å²) in [4.78, 5) is 0. The first-order valence-corrected chi connectivity index (χ1v) is 10.0. The molecule has 2 nitrogen and oxygen atoms in total. The van der Waals surface area contributed by atoms with E-state index in [1.165, 1.54) is 51.4 Å². The lowest BCUT2D eigenvalue weighted by Crippen LogP contribution is -2.10. The molecule has 0 aliphatic heterocycles. The van der Waals surface area contributed by atoms with Gasteiger partial charge in [0.1, 0.15) is 11.5 Å². The Labute approximate surface area is 155 Å². The molecule has 0 amide bonds. The minimum absolute atomic E-state index is 0.895. The van der Waals surface area contributed by atoms with E-state index in [1.54, 1.807) is 14.2 Å². The summed E-state index contributed by atoms with van der Waals surface area (Å²) in [6.07, 6.45) is 14.9. The smallest absolute Gasteiger partial charge is 0.122 e. The van der Waals surface area contributed by atoms with E-state index in [0.29, 0.717) is 0 Å². The largest absolute Gasteiger partial charge is 0.496 e. The number of ether oxygens (including phenoxy) is 2. The molecular formula is C23H38O2.